The van der Waals surface area contributed by atoms with Crippen LogP contribution in [0.1, 0.15) is 26.1 Å². The van der Waals surface area contributed by atoms with E-state index >= 15 is 0 Å². The summed E-state index contributed by atoms with van der Waals surface area (Å²) in [6.45, 7) is 4.75. The van der Waals surface area contributed by atoms with Crippen LogP contribution in [0.4, 0.5) is 0 Å². The van der Waals surface area contributed by atoms with Crippen molar-refractivity contribution in [3.8, 4) is 0 Å². The Hall–Kier alpha value is -1.36. The molecule has 1 N–H and O–H groups in total. The van der Waals surface area contributed by atoms with E-state index in [9.17, 15) is 4.79 Å². The number of nitrogens with one attached hydrogen (secondary N) is 1. The minimum Gasteiger partial charge on any atom is -0.465 e. The summed E-state index contributed by atoms with van der Waals surface area (Å²) in [6.07, 6.45) is 4.33. The van der Waals surface area contributed by atoms with E-state index in [1.807, 2.05) is 31.7 Å². The van der Waals surface area contributed by atoms with Gasteiger partial charge in [-0.25, -0.2) is 4.98 Å². The van der Waals surface area contributed by atoms with Gasteiger partial charge in [-0.15, -0.1) is 0 Å². The summed E-state index contributed by atoms with van der Waals surface area (Å²) < 4.78 is 6.89. The van der Waals surface area contributed by atoms with Gasteiger partial charge in [-0.2, -0.15) is 0 Å². The van der Waals surface area contributed by atoms with Crippen molar-refractivity contribution in [1.82, 2.24) is 14.9 Å². The number of carbonyl (C=O) groups is 1. The topological polar surface area (TPSA) is 56.1 Å². The number of rotatable bonds is 6. The van der Waals surface area contributed by atoms with Gasteiger partial charge in [-0.1, -0.05) is 6.92 Å². The second-order valence-electron chi connectivity index (χ2n) is 3.55. The second kappa shape index (κ2) is 6.27. The predicted molar refractivity (Wildman–Crippen MR) is 60.8 cm³/mol. The summed E-state index contributed by atoms with van der Waals surface area (Å²) in [4.78, 5) is 15.7. The molecule has 1 aromatic rings. The van der Waals surface area contributed by atoms with Crippen LogP contribution in [0.15, 0.2) is 12.4 Å². The van der Waals surface area contributed by atoms with Crippen LogP contribution in [0.2, 0.25) is 0 Å². The molecule has 0 bridgehead atoms. The highest BCUT2D eigenvalue weighted by molar-refractivity contribution is 5.75. The molecule has 1 aromatic heterocycles. The molecule has 5 nitrogen and oxygen atoms in total. The summed E-state index contributed by atoms with van der Waals surface area (Å²) in [5.74, 6) is 0.710. The molecule has 90 valence electrons. The van der Waals surface area contributed by atoms with E-state index < -0.39 is 0 Å². The lowest BCUT2D eigenvalue weighted by atomic mass is 10.2. The molecule has 0 aromatic carbocycles. The molecule has 0 fully saturated rings. The van der Waals surface area contributed by atoms with Crippen LogP contribution in [-0.2, 0) is 23.1 Å². The number of hydrogen-bond donors (Lipinski definition) is 1. The molecular weight excluding hydrogens is 206 g/mol. The maximum absolute atomic E-state index is 11.5. The Morgan fingerprint density at radius 2 is 2.38 bits per heavy atom. The van der Waals surface area contributed by atoms with Gasteiger partial charge in [0.25, 0.3) is 0 Å². The molecule has 16 heavy (non-hydrogen) atoms. The Morgan fingerprint density at radius 1 is 1.62 bits per heavy atom. The number of aromatic nitrogens is 2. The number of carbonyl (C=O) groups excluding carboxylic acids is 1. The van der Waals surface area contributed by atoms with Gasteiger partial charge >= 0.3 is 5.97 Å². The lowest BCUT2D eigenvalue weighted by Gasteiger charge is -2.15. The number of nitrogens with zero attached hydrogens (tertiary/aromatic N) is 2. The lowest BCUT2D eigenvalue weighted by Crippen LogP contribution is -2.37. The van der Waals surface area contributed by atoms with Gasteiger partial charge < -0.3 is 9.30 Å². The van der Waals surface area contributed by atoms with Gasteiger partial charge in [0.2, 0.25) is 0 Å². The van der Waals surface area contributed by atoms with Gasteiger partial charge in [0, 0.05) is 19.4 Å². The molecule has 0 saturated carbocycles. The Kier molecular flexibility index (Phi) is 4.98. The fourth-order valence-corrected chi connectivity index (χ4v) is 1.42. The minimum absolute atomic E-state index is 0.195. The average molecular weight is 225 g/mol. The van der Waals surface area contributed by atoms with E-state index in [4.69, 9.17) is 4.74 Å². The molecule has 1 rings (SSSR count). The normalized spacial score (nSPS) is 12.4. The monoisotopic (exact) mass is 225 g/mol. The van der Waals surface area contributed by atoms with Crippen molar-refractivity contribution in [3.63, 3.8) is 0 Å². The second-order valence-corrected chi connectivity index (χ2v) is 3.55. The highest BCUT2D eigenvalue weighted by Gasteiger charge is 2.17. The smallest absolute Gasteiger partial charge is 0.323 e. The third kappa shape index (κ3) is 3.34. The number of esters is 1. The summed E-state index contributed by atoms with van der Waals surface area (Å²) in [5, 5.41) is 3.14. The Morgan fingerprint density at radius 3 is 2.88 bits per heavy atom. The van der Waals surface area contributed by atoms with Crippen molar-refractivity contribution >= 4 is 5.97 Å². The standard InChI is InChI=1S/C11H19N3O2/c1-4-9(11(15)16-5-2)13-8-10-12-6-7-14(10)3/h6-7,9,13H,4-5,8H2,1-3H3. The van der Waals surface area contributed by atoms with Crippen molar-refractivity contribution in [1.29, 1.82) is 0 Å². The summed E-state index contributed by atoms with van der Waals surface area (Å²) >= 11 is 0. The Balaban J connectivity index is 2.46. The van der Waals surface area contributed by atoms with Crippen molar-refractivity contribution in [3.05, 3.63) is 18.2 Å². The number of ether oxygens (including phenoxy) is 1. The van der Waals surface area contributed by atoms with Crippen LogP contribution in [0.5, 0.6) is 0 Å². The van der Waals surface area contributed by atoms with Crippen molar-refractivity contribution < 1.29 is 9.53 Å². The van der Waals surface area contributed by atoms with Gasteiger partial charge in [-0.05, 0) is 13.3 Å². The average Bonchev–Trinajstić information content (AvgIpc) is 2.66. The zero-order valence-electron chi connectivity index (χ0n) is 10.1. The van der Waals surface area contributed by atoms with Gasteiger partial charge in [0.05, 0.1) is 13.2 Å². The quantitative estimate of drug-likeness (QED) is 0.729. The zero-order valence-corrected chi connectivity index (χ0v) is 10.1. The first-order valence-corrected chi connectivity index (χ1v) is 5.55. The number of hydrogen-bond acceptors (Lipinski definition) is 4. The largest absolute Gasteiger partial charge is 0.465 e. The van der Waals surface area contributed by atoms with Crippen LogP contribution in [0.3, 0.4) is 0 Å². The zero-order chi connectivity index (χ0) is 12.0. The van der Waals surface area contributed by atoms with E-state index in [0.29, 0.717) is 19.6 Å². The van der Waals surface area contributed by atoms with E-state index in [0.717, 1.165) is 5.82 Å². The maximum Gasteiger partial charge on any atom is 0.323 e. The summed E-state index contributed by atoms with van der Waals surface area (Å²) in [6, 6.07) is -0.253. The fraction of sp³-hybridized carbons (Fsp3) is 0.636. The Labute approximate surface area is 95.8 Å². The lowest BCUT2D eigenvalue weighted by molar-refractivity contribution is -0.145. The SMILES string of the molecule is CCOC(=O)C(CC)NCc1nccn1C. The van der Waals surface area contributed by atoms with E-state index in [-0.39, 0.29) is 12.0 Å². The number of imidazole rings is 1. The van der Waals surface area contributed by atoms with Gasteiger partial charge in [0.15, 0.2) is 0 Å². The minimum atomic E-state index is -0.253. The first kappa shape index (κ1) is 12.7. The van der Waals surface area contributed by atoms with Crippen molar-refractivity contribution in [2.75, 3.05) is 6.61 Å². The van der Waals surface area contributed by atoms with Gasteiger partial charge in [-0.3, -0.25) is 10.1 Å². The molecular formula is C11H19N3O2. The predicted octanol–water partition coefficient (Wildman–Crippen LogP) is 0.851. The molecule has 0 aliphatic carbocycles. The van der Waals surface area contributed by atoms with Crippen LogP contribution in [-0.4, -0.2) is 28.2 Å². The molecule has 0 spiro atoms. The molecule has 0 amide bonds. The third-order valence-electron chi connectivity index (χ3n) is 2.41. The summed E-state index contributed by atoms with van der Waals surface area (Å²) in [5.41, 5.74) is 0. The third-order valence-corrected chi connectivity index (χ3v) is 2.41. The summed E-state index contributed by atoms with van der Waals surface area (Å²) in [7, 11) is 1.93. The maximum atomic E-state index is 11.5. The highest BCUT2D eigenvalue weighted by Crippen LogP contribution is 1.99. The van der Waals surface area contributed by atoms with E-state index in [1.165, 1.54) is 0 Å². The molecule has 0 aliphatic rings. The van der Waals surface area contributed by atoms with Crippen LogP contribution in [0, 0.1) is 0 Å². The van der Waals surface area contributed by atoms with Crippen molar-refractivity contribution in [2.24, 2.45) is 7.05 Å². The molecule has 0 aliphatic heterocycles. The first-order chi connectivity index (χ1) is 7.69. The molecule has 0 saturated heterocycles. The van der Waals surface area contributed by atoms with Gasteiger partial charge in [0.1, 0.15) is 11.9 Å². The molecule has 1 atom stereocenters. The molecule has 1 heterocycles. The van der Waals surface area contributed by atoms with Crippen LogP contribution >= 0.6 is 0 Å². The van der Waals surface area contributed by atoms with E-state index in [2.05, 4.69) is 10.3 Å². The highest BCUT2D eigenvalue weighted by atomic mass is 16.5. The molecule has 1 unspecified atom stereocenters. The van der Waals surface area contributed by atoms with Crippen LogP contribution in [0.25, 0.3) is 0 Å². The molecule has 0 radical (unpaired) electrons. The number of aryl methyl sites for hydroxylation is 1. The van der Waals surface area contributed by atoms with E-state index in [1.54, 1.807) is 6.20 Å². The Bertz CT molecular complexity index is 336. The first-order valence-electron chi connectivity index (χ1n) is 5.55. The van der Waals surface area contributed by atoms with Crippen LogP contribution < -0.4 is 5.32 Å². The van der Waals surface area contributed by atoms with Crippen molar-refractivity contribution in [2.45, 2.75) is 32.9 Å². The fourth-order valence-electron chi connectivity index (χ4n) is 1.42. The molecule has 5 heteroatoms.